The predicted molar refractivity (Wildman–Crippen MR) is 95.4 cm³/mol. The first-order chi connectivity index (χ1) is 12.1. The summed E-state index contributed by atoms with van der Waals surface area (Å²) < 4.78 is 1.72. The lowest BCUT2D eigenvalue weighted by atomic mass is 10.0. The summed E-state index contributed by atoms with van der Waals surface area (Å²) in [5.41, 5.74) is 3.76. The normalized spacial score (nSPS) is 15.3. The first-order valence-electron chi connectivity index (χ1n) is 8.65. The number of benzene rings is 1. The Labute approximate surface area is 146 Å². The maximum Gasteiger partial charge on any atom is 0.252 e. The molecule has 0 aliphatic heterocycles. The lowest BCUT2D eigenvalue weighted by molar-refractivity contribution is 0.0937. The standard InChI is InChI=1S/C19H21N5O/c1-12-3-6-17-15(7-12)16(8-18(23-17)14-4-5-14)19(25)22-13(2)9-24-11-20-10-21-24/h3,6-8,10-11,13-14H,4-5,9H2,1-2H3,(H,22,25)/t13-/m0/s1. The molecule has 1 amide bonds. The highest BCUT2D eigenvalue weighted by Gasteiger charge is 2.27. The topological polar surface area (TPSA) is 72.7 Å². The number of hydrogen-bond donors (Lipinski definition) is 1. The molecule has 2 aromatic heterocycles. The molecular weight excluding hydrogens is 314 g/mol. The Bertz CT molecular complexity index is 915. The van der Waals surface area contributed by atoms with Crippen molar-refractivity contribution in [1.82, 2.24) is 25.1 Å². The van der Waals surface area contributed by atoms with Crippen LogP contribution in [0.15, 0.2) is 36.9 Å². The zero-order chi connectivity index (χ0) is 17.4. The van der Waals surface area contributed by atoms with Gasteiger partial charge in [0.2, 0.25) is 0 Å². The average molecular weight is 335 g/mol. The quantitative estimate of drug-likeness (QED) is 0.778. The Morgan fingerprint density at radius 3 is 2.92 bits per heavy atom. The van der Waals surface area contributed by atoms with E-state index < -0.39 is 0 Å². The largest absolute Gasteiger partial charge is 0.348 e. The SMILES string of the molecule is Cc1ccc2nc(C3CC3)cc(C(=O)N[C@@H](C)Cn3cncn3)c2c1. The van der Waals surface area contributed by atoms with Gasteiger partial charge in [-0.3, -0.25) is 14.5 Å². The minimum atomic E-state index is -0.0625. The molecule has 6 heteroatoms. The van der Waals surface area contributed by atoms with Gasteiger partial charge in [-0.1, -0.05) is 11.6 Å². The molecule has 6 nitrogen and oxygen atoms in total. The summed E-state index contributed by atoms with van der Waals surface area (Å²) in [6.07, 6.45) is 5.47. The van der Waals surface area contributed by atoms with E-state index in [9.17, 15) is 4.79 Å². The van der Waals surface area contributed by atoms with Gasteiger partial charge in [0.15, 0.2) is 0 Å². The van der Waals surface area contributed by atoms with Gasteiger partial charge in [0, 0.05) is 23.0 Å². The molecule has 3 aromatic rings. The number of nitrogens with one attached hydrogen (secondary N) is 1. The van der Waals surface area contributed by atoms with Crippen LogP contribution in [0.3, 0.4) is 0 Å². The first-order valence-corrected chi connectivity index (χ1v) is 8.65. The molecule has 1 aromatic carbocycles. The summed E-state index contributed by atoms with van der Waals surface area (Å²) >= 11 is 0. The van der Waals surface area contributed by atoms with Crippen LogP contribution in [0, 0.1) is 6.92 Å². The number of amides is 1. The number of hydrogen-bond acceptors (Lipinski definition) is 4. The molecule has 1 atom stereocenters. The van der Waals surface area contributed by atoms with Gasteiger partial charge in [-0.25, -0.2) is 4.98 Å². The Hall–Kier alpha value is -2.76. The van der Waals surface area contributed by atoms with Crippen LogP contribution < -0.4 is 5.32 Å². The van der Waals surface area contributed by atoms with E-state index in [1.807, 2.05) is 38.1 Å². The zero-order valence-corrected chi connectivity index (χ0v) is 14.4. The number of carbonyl (C=O) groups is 1. The maximum absolute atomic E-state index is 12.9. The fourth-order valence-electron chi connectivity index (χ4n) is 3.09. The Morgan fingerprint density at radius 1 is 1.36 bits per heavy atom. The van der Waals surface area contributed by atoms with Gasteiger partial charge in [-0.15, -0.1) is 0 Å². The van der Waals surface area contributed by atoms with Crippen molar-refractivity contribution in [3.63, 3.8) is 0 Å². The second kappa shape index (κ2) is 6.27. The van der Waals surface area contributed by atoms with Crippen LogP contribution >= 0.6 is 0 Å². The molecule has 0 bridgehead atoms. The lowest BCUT2D eigenvalue weighted by Gasteiger charge is -2.15. The summed E-state index contributed by atoms with van der Waals surface area (Å²) in [6, 6.07) is 8.01. The van der Waals surface area contributed by atoms with Gasteiger partial charge >= 0.3 is 0 Å². The highest BCUT2D eigenvalue weighted by molar-refractivity contribution is 6.06. The van der Waals surface area contributed by atoms with Crippen molar-refractivity contribution in [1.29, 1.82) is 0 Å². The molecule has 1 saturated carbocycles. The number of fused-ring (bicyclic) bond motifs is 1. The highest BCUT2D eigenvalue weighted by Crippen LogP contribution is 2.40. The number of aromatic nitrogens is 4. The molecule has 0 spiro atoms. The fraction of sp³-hybridized carbons (Fsp3) is 0.368. The van der Waals surface area contributed by atoms with Gasteiger partial charge in [0.05, 0.1) is 17.6 Å². The molecule has 4 rings (SSSR count). The third kappa shape index (κ3) is 3.38. The molecule has 1 fully saturated rings. The molecule has 2 heterocycles. The minimum Gasteiger partial charge on any atom is -0.348 e. The van der Waals surface area contributed by atoms with E-state index in [2.05, 4.69) is 15.4 Å². The van der Waals surface area contributed by atoms with Gasteiger partial charge in [-0.2, -0.15) is 5.10 Å². The zero-order valence-electron chi connectivity index (χ0n) is 14.4. The van der Waals surface area contributed by atoms with Crippen LogP contribution in [0.1, 0.15) is 47.3 Å². The van der Waals surface area contributed by atoms with E-state index in [0.29, 0.717) is 18.0 Å². The van der Waals surface area contributed by atoms with E-state index >= 15 is 0 Å². The second-order valence-electron chi connectivity index (χ2n) is 6.88. The summed E-state index contributed by atoms with van der Waals surface area (Å²) in [6.45, 7) is 4.59. The van der Waals surface area contributed by atoms with Crippen LogP contribution in [0.2, 0.25) is 0 Å². The van der Waals surface area contributed by atoms with Crippen molar-refractivity contribution >= 4 is 16.8 Å². The van der Waals surface area contributed by atoms with Gasteiger partial charge in [0.25, 0.3) is 5.91 Å². The average Bonchev–Trinajstić information content (AvgIpc) is 3.32. The number of rotatable bonds is 5. The minimum absolute atomic E-state index is 0.0494. The smallest absolute Gasteiger partial charge is 0.252 e. The number of nitrogens with zero attached hydrogens (tertiary/aromatic N) is 4. The van der Waals surface area contributed by atoms with E-state index in [1.165, 1.54) is 6.33 Å². The molecule has 1 N–H and O–H groups in total. The number of pyridine rings is 1. The van der Waals surface area contributed by atoms with Crippen molar-refractivity contribution in [2.24, 2.45) is 0 Å². The van der Waals surface area contributed by atoms with Gasteiger partial charge in [0.1, 0.15) is 12.7 Å². The predicted octanol–water partition coefficient (Wildman–Crippen LogP) is 2.83. The van der Waals surface area contributed by atoms with Crippen LogP contribution in [-0.2, 0) is 6.54 Å². The number of carbonyl (C=O) groups excluding carboxylic acids is 1. The van der Waals surface area contributed by atoms with Crippen LogP contribution in [0.5, 0.6) is 0 Å². The van der Waals surface area contributed by atoms with Crippen LogP contribution in [-0.4, -0.2) is 31.7 Å². The van der Waals surface area contributed by atoms with Crippen molar-refractivity contribution in [3.05, 3.63) is 53.7 Å². The molecule has 0 unspecified atom stereocenters. The van der Waals surface area contributed by atoms with E-state index in [-0.39, 0.29) is 11.9 Å². The first kappa shape index (κ1) is 15.7. The van der Waals surface area contributed by atoms with Crippen molar-refractivity contribution in [2.45, 2.75) is 45.2 Å². The summed E-state index contributed by atoms with van der Waals surface area (Å²) in [5.74, 6) is 0.442. The molecule has 0 radical (unpaired) electrons. The van der Waals surface area contributed by atoms with Crippen LogP contribution in [0.25, 0.3) is 10.9 Å². The monoisotopic (exact) mass is 335 g/mol. The van der Waals surface area contributed by atoms with E-state index in [0.717, 1.165) is 35.0 Å². The third-order valence-electron chi connectivity index (χ3n) is 4.53. The molecule has 25 heavy (non-hydrogen) atoms. The fourth-order valence-corrected chi connectivity index (χ4v) is 3.09. The second-order valence-corrected chi connectivity index (χ2v) is 6.88. The van der Waals surface area contributed by atoms with Crippen molar-refractivity contribution in [2.75, 3.05) is 0 Å². The third-order valence-corrected chi connectivity index (χ3v) is 4.53. The molecule has 1 aliphatic rings. The van der Waals surface area contributed by atoms with E-state index in [4.69, 9.17) is 4.98 Å². The van der Waals surface area contributed by atoms with Crippen molar-refractivity contribution < 1.29 is 4.79 Å². The molecule has 0 saturated heterocycles. The van der Waals surface area contributed by atoms with Gasteiger partial charge < -0.3 is 5.32 Å². The summed E-state index contributed by atoms with van der Waals surface area (Å²) in [4.78, 5) is 21.6. The summed E-state index contributed by atoms with van der Waals surface area (Å²) in [5, 5.41) is 8.08. The van der Waals surface area contributed by atoms with E-state index in [1.54, 1.807) is 11.0 Å². The Balaban J connectivity index is 1.64. The maximum atomic E-state index is 12.9. The Morgan fingerprint density at radius 2 is 2.20 bits per heavy atom. The molecular formula is C19H21N5O. The Kier molecular flexibility index (Phi) is 3.95. The molecule has 1 aliphatic carbocycles. The van der Waals surface area contributed by atoms with Crippen LogP contribution in [0.4, 0.5) is 0 Å². The highest BCUT2D eigenvalue weighted by atomic mass is 16.1. The molecule has 128 valence electrons. The summed E-state index contributed by atoms with van der Waals surface area (Å²) in [7, 11) is 0. The van der Waals surface area contributed by atoms with Crippen molar-refractivity contribution in [3.8, 4) is 0 Å². The number of aryl methyl sites for hydroxylation is 1. The van der Waals surface area contributed by atoms with Gasteiger partial charge in [-0.05, 0) is 44.9 Å². The lowest BCUT2D eigenvalue weighted by Crippen LogP contribution is -2.36.